The Hall–Kier alpha value is -1.56. The maximum atomic E-state index is 12.9. The van der Waals surface area contributed by atoms with Crippen LogP contribution in [-0.4, -0.2) is 35.3 Å². The molecule has 1 aromatic heterocycles. The number of aromatic nitrogens is 2. The number of benzene rings is 1. The SMILES string of the molecule is Cl.O=C(NCCC1CCNC1)c1nn(-c2ccc(Cl)cc2)c2c1CCCCC2. The zero-order chi connectivity index (χ0) is 18.6. The van der Waals surface area contributed by atoms with Crippen LogP contribution >= 0.6 is 24.0 Å². The molecule has 1 saturated heterocycles. The number of carbonyl (C=O) groups is 1. The van der Waals surface area contributed by atoms with Crippen LogP contribution in [-0.2, 0) is 12.8 Å². The fraction of sp³-hybridized carbons (Fsp3) is 0.524. The van der Waals surface area contributed by atoms with E-state index in [4.69, 9.17) is 16.7 Å². The van der Waals surface area contributed by atoms with Crippen LogP contribution in [0, 0.1) is 5.92 Å². The molecule has 1 unspecified atom stereocenters. The van der Waals surface area contributed by atoms with Crippen LogP contribution in [0.2, 0.25) is 5.02 Å². The summed E-state index contributed by atoms with van der Waals surface area (Å²) in [6, 6.07) is 7.68. The summed E-state index contributed by atoms with van der Waals surface area (Å²) in [7, 11) is 0. The third-order valence-electron chi connectivity index (χ3n) is 5.72. The summed E-state index contributed by atoms with van der Waals surface area (Å²) in [6.07, 6.45) is 7.58. The second kappa shape index (κ2) is 9.77. The van der Waals surface area contributed by atoms with Crippen molar-refractivity contribution in [3.63, 3.8) is 0 Å². The summed E-state index contributed by atoms with van der Waals surface area (Å²) in [6.45, 7) is 2.88. The molecule has 2 aromatic rings. The molecule has 28 heavy (non-hydrogen) atoms. The summed E-state index contributed by atoms with van der Waals surface area (Å²) in [5.74, 6) is 0.640. The van der Waals surface area contributed by atoms with Crippen LogP contribution in [0.5, 0.6) is 0 Å². The molecule has 152 valence electrons. The maximum Gasteiger partial charge on any atom is 0.272 e. The van der Waals surface area contributed by atoms with Gasteiger partial charge in [-0.25, -0.2) is 4.68 Å². The second-order valence-electron chi connectivity index (χ2n) is 7.63. The van der Waals surface area contributed by atoms with Gasteiger partial charge in [0, 0.05) is 22.8 Å². The topological polar surface area (TPSA) is 59.0 Å². The van der Waals surface area contributed by atoms with Gasteiger partial charge in [0.15, 0.2) is 5.69 Å². The van der Waals surface area contributed by atoms with Gasteiger partial charge in [-0.3, -0.25) is 4.79 Å². The van der Waals surface area contributed by atoms with Gasteiger partial charge in [0.25, 0.3) is 5.91 Å². The Morgan fingerprint density at radius 1 is 1.21 bits per heavy atom. The lowest BCUT2D eigenvalue weighted by molar-refractivity contribution is 0.0945. The molecule has 2 heterocycles. The van der Waals surface area contributed by atoms with Crippen molar-refractivity contribution < 1.29 is 4.79 Å². The van der Waals surface area contributed by atoms with Gasteiger partial charge < -0.3 is 10.6 Å². The average Bonchev–Trinajstić information content (AvgIpc) is 3.24. The minimum atomic E-state index is -0.0354. The van der Waals surface area contributed by atoms with E-state index in [0.717, 1.165) is 56.4 Å². The number of nitrogens with zero attached hydrogens (tertiary/aromatic N) is 2. The maximum absolute atomic E-state index is 12.9. The Bertz CT molecular complexity index is 797. The van der Waals surface area contributed by atoms with E-state index in [1.165, 1.54) is 18.5 Å². The molecule has 1 aliphatic heterocycles. The van der Waals surface area contributed by atoms with E-state index in [1.807, 2.05) is 28.9 Å². The van der Waals surface area contributed by atoms with E-state index >= 15 is 0 Å². The van der Waals surface area contributed by atoms with Gasteiger partial charge in [0.1, 0.15) is 0 Å². The van der Waals surface area contributed by atoms with Gasteiger partial charge in [-0.1, -0.05) is 18.0 Å². The van der Waals surface area contributed by atoms with Gasteiger partial charge in [-0.2, -0.15) is 5.10 Å². The lowest BCUT2D eigenvalue weighted by Gasteiger charge is -2.09. The first-order valence-corrected chi connectivity index (χ1v) is 10.5. The Kier molecular flexibility index (Phi) is 7.38. The normalized spacial score (nSPS) is 18.8. The van der Waals surface area contributed by atoms with Crippen molar-refractivity contribution in [3.05, 3.63) is 46.2 Å². The van der Waals surface area contributed by atoms with Crippen LogP contribution in [0.4, 0.5) is 0 Å². The number of hydrogen-bond acceptors (Lipinski definition) is 3. The lowest BCUT2D eigenvalue weighted by atomic mass is 10.0. The lowest BCUT2D eigenvalue weighted by Crippen LogP contribution is -2.27. The van der Waals surface area contributed by atoms with E-state index in [-0.39, 0.29) is 18.3 Å². The van der Waals surface area contributed by atoms with E-state index in [2.05, 4.69) is 10.6 Å². The monoisotopic (exact) mass is 422 g/mol. The third-order valence-corrected chi connectivity index (χ3v) is 5.97. The highest BCUT2D eigenvalue weighted by Gasteiger charge is 2.25. The van der Waals surface area contributed by atoms with Gasteiger partial charge in [-0.05, 0) is 81.8 Å². The molecule has 0 saturated carbocycles. The van der Waals surface area contributed by atoms with Crippen molar-refractivity contribution in [2.45, 2.75) is 44.9 Å². The molecule has 1 aliphatic carbocycles. The zero-order valence-corrected chi connectivity index (χ0v) is 17.6. The molecule has 0 bridgehead atoms. The fourth-order valence-corrected chi connectivity index (χ4v) is 4.31. The van der Waals surface area contributed by atoms with Gasteiger partial charge in [0.05, 0.1) is 5.69 Å². The molecule has 1 fully saturated rings. The first-order valence-electron chi connectivity index (χ1n) is 10.1. The fourth-order valence-electron chi connectivity index (χ4n) is 4.19. The summed E-state index contributed by atoms with van der Waals surface area (Å²) in [4.78, 5) is 12.9. The first kappa shape index (κ1) is 21.2. The zero-order valence-electron chi connectivity index (χ0n) is 16.0. The number of halogens is 2. The molecule has 2 N–H and O–H groups in total. The van der Waals surface area contributed by atoms with Crippen molar-refractivity contribution in [1.29, 1.82) is 0 Å². The number of rotatable bonds is 5. The van der Waals surface area contributed by atoms with Crippen LogP contribution in [0.25, 0.3) is 5.69 Å². The molecule has 2 aliphatic rings. The predicted octanol–water partition coefficient (Wildman–Crippen LogP) is 3.95. The standard InChI is InChI=1S/C21H27ClN4O.ClH/c22-16-6-8-17(9-7-16)26-19-5-3-1-2-4-18(19)20(25-26)21(27)24-13-11-15-10-12-23-14-15;/h6-9,15,23H,1-5,10-14H2,(H,24,27);1H. The van der Waals surface area contributed by atoms with Crippen LogP contribution in [0.3, 0.4) is 0 Å². The minimum Gasteiger partial charge on any atom is -0.351 e. The summed E-state index contributed by atoms with van der Waals surface area (Å²) in [5.41, 5.74) is 3.88. The van der Waals surface area contributed by atoms with E-state index in [9.17, 15) is 4.79 Å². The number of amides is 1. The number of hydrogen-bond donors (Lipinski definition) is 2. The number of fused-ring (bicyclic) bond motifs is 1. The third kappa shape index (κ3) is 4.70. The van der Waals surface area contributed by atoms with E-state index in [0.29, 0.717) is 23.2 Å². The quantitative estimate of drug-likeness (QED) is 0.717. The van der Waals surface area contributed by atoms with Crippen molar-refractivity contribution in [1.82, 2.24) is 20.4 Å². The molecule has 1 amide bonds. The Morgan fingerprint density at radius 2 is 2.00 bits per heavy atom. The highest BCUT2D eigenvalue weighted by atomic mass is 35.5. The first-order chi connectivity index (χ1) is 13.2. The van der Waals surface area contributed by atoms with Crippen LogP contribution in [0.1, 0.15) is 53.8 Å². The smallest absolute Gasteiger partial charge is 0.272 e. The number of carbonyl (C=O) groups excluding carboxylic acids is 1. The Morgan fingerprint density at radius 3 is 2.75 bits per heavy atom. The highest BCUT2D eigenvalue weighted by molar-refractivity contribution is 6.30. The van der Waals surface area contributed by atoms with Crippen LogP contribution in [0.15, 0.2) is 24.3 Å². The molecule has 0 radical (unpaired) electrons. The molecule has 1 atom stereocenters. The minimum absolute atomic E-state index is 0. The molecule has 4 rings (SSSR count). The molecule has 1 aromatic carbocycles. The Balaban J connectivity index is 0.00000225. The molecule has 7 heteroatoms. The van der Waals surface area contributed by atoms with Crippen molar-refractivity contribution in [3.8, 4) is 5.69 Å². The summed E-state index contributed by atoms with van der Waals surface area (Å²) < 4.78 is 1.95. The molecule has 0 spiro atoms. The second-order valence-corrected chi connectivity index (χ2v) is 8.06. The molecular weight excluding hydrogens is 395 g/mol. The highest BCUT2D eigenvalue weighted by Crippen LogP contribution is 2.27. The average molecular weight is 423 g/mol. The van der Waals surface area contributed by atoms with Gasteiger partial charge >= 0.3 is 0 Å². The van der Waals surface area contributed by atoms with Crippen LogP contribution < -0.4 is 10.6 Å². The Labute approximate surface area is 177 Å². The summed E-state index contributed by atoms with van der Waals surface area (Å²) >= 11 is 6.04. The summed E-state index contributed by atoms with van der Waals surface area (Å²) in [5, 5.41) is 11.9. The predicted molar refractivity (Wildman–Crippen MR) is 115 cm³/mol. The van der Waals surface area contributed by atoms with Gasteiger partial charge in [-0.15, -0.1) is 12.4 Å². The van der Waals surface area contributed by atoms with Crippen molar-refractivity contribution in [2.75, 3.05) is 19.6 Å². The van der Waals surface area contributed by atoms with Gasteiger partial charge in [0.2, 0.25) is 0 Å². The molecule has 5 nitrogen and oxygen atoms in total. The van der Waals surface area contributed by atoms with E-state index in [1.54, 1.807) is 0 Å². The number of nitrogens with one attached hydrogen (secondary N) is 2. The largest absolute Gasteiger partial charge is 0.351 e. The van der Waals surface area contributed by atoms with E-state index < -0.39 is 0 Å². The molecular formula is C21H28Cl2N4O. The van der Waals surface area contributed by atoms with Crippen molar-refractivity contribution >= 4 is 29.9 Å². The van der Waals surface area contributed by atoms with Crippen molar-refractivity contribution in [2.24, 2.45) is 5.92 Å².